The number of benzene rings is 1. The quantitative estimate of drug-likeness (QED) is 0.644. The molecule has 162 valence electrons. The molecule has 2 heterocycles. The SMILES string of the molecule is CN(C)C(=O)C1CCCN1CC(=O)N1CCN(S(=O)(=O)c2ccccc2C#N)CC1. The molecular formula is C20H27N5O4S. The molecule has 2 saturated heterocycles. The van der Waals surface area contributed by atoms with Gasteiger partial charge in [0.2, 0.25) is 21.8 Å². The van der Waals surface area contributed by atoms with Crippen LogP contribution in [0.15, 0.2) is 29.2 Å². The zero-order valence-electron chi connectivity index (χ0n) is 17.3. The minimum Gasteiger partial charge on any atom is -0.347 e. The Labute approximate surface area is 177 Å². The highest BCUT2D eigenvalue weighted by Gasteiger charge is 2.35. The molecule has 10 heteroatoms. The van der Waals surface area contributed by atoms with E-state index in [0.29, 0.717) is 6.54 Å². The van der Waals surface area contributed by atoms with Crippen LogP contribution in [0.1, 0.15) is 18.4 Å². The summed E-state index contributed by atoms with van der Waals surface area (Å²) in [7, 11) is -0.367. The molecule has 1 atom stereocenters. The van der Waals surface area contributed by atoms with Crippen LogP contribution < -0.4 is 0 Å². The Morgan fingerprint density at radius 1 is 1.13 bits per heavy atom. The van der Waals surface area contributed by atoms with Gasteiger partial charge in [0, 0.05) is 40.3 Å². The van der Waals surface area contributed by atoms with Gasteiger partial charge in [-0.1, -0.05) is 12.1 Å². The monoisotopic (exact) mass is 433 g/mol. The third-order valence-corrected chi connectivity index (χ3v) is 7.60. The van der Waals surface area contributed by atoms with Gasteiger partial charge in [-0.3, -0.25) is 14.5 Å². The number of nitrogens with zero attached hydrogens (tertiary/aromatic N) is 5. The molecule has 0 N–H and O–H groups in total. The Bertz CT molecular complexity index is 948. The zero-order valence-corrected chi connectivity index (χ0v) is 18.1. The van der Waals surface area contributed by atoms with Gasteiger partial charge in [0.05, 0.1) is 23.0 Å². The van der Waals surface area contributed by atoms with Crippen LogP contribution in [0, 0.1) is 11.3 Å². The van der Waals surface area contributed by atoms with E-state index >= 15 is 0 Å². The molecule has 0 bridgehead atoms. The first kappa shape index (κ1) is 22.2. The number of hydrogen-bond donors (Lipinski definition) is 0. The Kier molecular flexibility index (Phi) is 6.75. The predicted octanol–water partition coefficient (Wildman–Crippen LogP) is -0.0562. The molecule has 2 fully saturated rings. The van der Waals surface area contributed by atoms with Crippen LogP contribution in [-0.4, -0.2) is 98.6 Å². The van der Waals surface area contributed by atoms with Gasteiger partial charge in [-0.15, -0.1) is 0 Å². The third kappa shape index (κ3) is 4.48. The molecule has 1 aromatic carbocycles. The van der Waals surface area contributed by atoms with Gasteiger partial charge in [-0.05, 0) is 31.5 Å². The molecule has 2 aliphatic heterocycles. The van der Waals surface area contributed by atoms with E-state index in [2.05, 4.69) is 0 Å². The molecule has 2 amide bonds. The number of hydrogen-bond acceptors (Lipinski definition) is 6. The Balaban J connectivity index is 1.61. The van der Waals surface area contributed by atoms with Crippen molar-refractivity contribution in [3.63, 3.8) is 0 Å². The number of likely N-dealkylation sites (N-methyl/N-ethyl adjacent to an activating group) is 1. The Hall–Kier alpha value is -2.48. The maximum Gasteiger partial charge on any atom is 0.244 e. The van der Waals surface area contributed by atoms with E-state index in [1.165, 1.54) is 16.4 Å². The van der Waals surface area contributed by atoms with Crippen LogP contribution in [0.3, 0.4) is 0 Å². The summed E-state index contributed by atoms with van der Waals surface area (Å²) in [5.41, 5.74) is 0.113. The van der Waals surface area contributed by atoms with Crippen molar-refractivity contribution in [3.05, 3.63) is 29.8 Å². The van der Waals surface area contributed by atoms with Crippen molar-refractivity contribution >= 4 is 21.8 Å². The lowest BCUT2D eigenvalue weighted by atomic mass is 10.2. The first-order valence-electron chi connectivity index (χ1n) is 9.98. The third-order valence-electron chi connectivity index (χ3n) is 5.64. The summed E-state index contributed by atoms with van der Waals surface area (Å²) in [6.07, 6.45) is 1.62. The smallest absolute Gasteiger partial charge is 0.244 e. The van der Waals surface area contributed by atoms with Crippen LogP contribution in [0.25, 0.3) is 0 Å². The second-order valence-electron chi connectivity index (χ2n) is 7.75. The van der Waals surface area contributed by atoms with E-state index in [0.717, 1.165) is 12.8 Å². The van der Waals surface area contributed by atoms with Gasteiger partial charge in [0.1, 0.15) is 6.07 Å². The second-order valence-corrected chi connectivity index (χ2v) is 9.66. The van der Waals surface area contributed by atoms with Gasteiger partial charge in [-0.2, -0.15) is 9.57 Å². The second kappa shape index (κ2) is 9.12. The molecule has 0 radical (unpaired) electrons. The fourth-order valence-electron chi connectivity index (χ4n) is 3.97. The fraction of sp³-hybridized carbons (Fsp3) is 0.550. The first-order valence-corrected chi connectivity index (χ1v) is 11.4. The first-order chi connectivity index (χ1) is 14.3. The van der Waals surface area contributed by atoms with Crippen molar-refractivity contribution in [2.45, 2.75) is 23.8 Å². The number of carbonyl (C=O) groups is 2. The molecule has 9 nitrogen and oxygen atoms in total. The number of amides is 2. The van der Waals surface area contributed by atoms with Gasteiger partial charge < -0.3 is 9.80 Å². The molecule has 3 rings (SSSR count). The maximum absolute atomic E-state index is 12.9. The molecule has 1 unspecified atom stereocenters. The number of rotatable bonds is 5. The average Bonchev–Trinajstić information content (AvgIpc) is 3.21. The summed E-state index contributed by atoms with van der Waals surface area (Å²) in [5, 5.41) is 9.21. The molecule has 30 heavy (non-hydrogen) atoms. The molecule has 0 aromatic heterocycles. The minimum absolute atomic E-state index is 0.00520. The van der Waals surface area contributed by atoms with Gasteiger partial charge in [-0.25, -0.2) is 8.42 Å². The zero-order chi connectivity index (χ0) is 21.9. The lowest BCUT2D eigenvalue weighted by Crippen LogP contribution is -2.53. The van der Waals surface area contributed by atoms with Crippen molar-refractivity contribution in [1.82, 2.24) is 19.0 Å². The van der Waals surface area contributed by atoms with Crippen LogP contribution in [0.5, 0.6) is 0 Å². The summed E-state index contributed by atoms with van der Waals surface area (Å²) in [4.78, 5) is 30.2. The summed E-state index contributed by atoms with van der Waals surface area (Å²) >= 11 is 0. The van der Waals surface area contributed by atoms with Crippen LogP contribution >= 0.6 is 0 Å². The maximum atomic E-state index is 12.9. The standard InChI is InChI=1S/C20H27N5O4S/c1-22(2)20(27)17-7-5-9-24(17)15-19(26)23-10-12-25(13-11-23)30(28,29)18-8-4-3-6-16(18)14-21/h3-4,6,8,17H,5,7,9-13,15H2,1-2H3. The highest BCUT2D eigenvalue weighted by atomic mass is 32.2. The van der Waals surface area contributed by atoms with Crippen LogP contribution in [0.4, 0.5) is 0 Å². The molecular weight excluding hydrogens is 406 g/mol. The highest BCUT2D eigenvalue weighted by molar-refractivity contribution is 7.89. The van der Waals surface area contributed by atoms with E-state index in [-0.39, 0.29) is 61.0 Å². The summed E-state index contributed by atoms with van der Waals surface area (Å²) in [6.45, 7) is 1.78. The number of piperazine rings is 1. The average molecular weight is 434 g/mol. The van der Waals surface area contributed by atoms with E-state index in [4.69, 9.17) is 0 Å². The Morgan fingerprint density at radius 3 is 2.43 bits per heavy atom. The van der Waals surface area contributed by atoms with E-state index < -0.39 is 10.0 Å². The molecule has 1 aromatic rings. The van der Waals surface area contributed by atoms with Gasteiger partial charge in [0.15, 0.2) is 0 Å². The Morgan fingerprint density at radius 2 is 1.80 bits per heavy atom. The fourth-order valence-corrected chi connectivity index (χ4v) is 5.53. The number of likely N-dealkylation sites (tertiary alicyclic amines) is 1. The van der Waals surface area contributed by atoms with E-state index in [9.17, 15) is 23.3 Å². The number of nitriles is 1. The molecule has 0 spiro atoms. The van der Waals surface area contributed by atoms with Gasteiger partial charge in [0.25, 0.3) is 0 Å². The van der Waals surface area contributed by atoms with Crippen LogP contribution in [0.2, 0.25) is 0 Å². The molecule has 2 aliphatic rings. The summed E-state index contributed by atoms with van der Waals surface area (Å²) < 4.78 is 27.2. The lowest BCUT2D eigenvalue weighted by Gasteiger charge is -2.35. The van der Waals surface area contributed by atoms with Crippen molar-refractivity contribution in [3.8, 4) is 6.07 Å². The van der Waals surface area contributed by atoms with Crippen molar-refractivity contribution in [1.29, 1.82) is 5.26 Å². The largest absolute Gasteiger partial charge is 0.347 e. The van der Waals surface area contributed by atoms with E-state index in [1.807, 2.05) is 11.0 Å². The van der Waals surface area contributed by atoms with E-state index in [1.54, 1.807) is 36.0 Å². The molecule has 0 saturated carbocycles. The minimum atomic E-state index is -3.79. The predicted molar refractivity (Wildman–Crippen MR) is 110 cm³/mol. The van der Waals surface area contributed by atoms with Crippen molar-refractivity contribution < 1.29 is 18.0 Å². The normalized spacial score (nSPS) is 20.7. The summed E-state index contributed by atoms with van der Waals surface area (Å²) in [5.74, 6) is -0.0877. The van der Waals surface area contributed by atoms with Crippen molar-refractivity contribution in [2.75, 3.05) is 53.4 Å². The number of sulfonamides is 1. The van der Waals surface area contributed by atoms with Crippen molar-refractivity contribution in [2.24, 2.45) is 0 Å². The van der Waals surface area contributed by atoms with Crippen LogP contribution in [-0.2, 0) is 19.6 Å². The summed E-state index contributed by atoms with van der Waals surface area (Å²) in [6, 6.07) is 7.78. The topological polar surface area (TPSA) is 105 Å². The number of carbonyl (C=O) groups excluding carboxylic acids is 2. The molecule has 0 aliphatic carbocycles. The van der Waals surface area contributed by atoms with Gasteiger partial charge >= 0.3 is 0 Å². The highest BCUT2D eigenvalue weighted by Crippen LogP contribution is 2.22. The lowest BCUT2D eigenvalue weighted by molar-refractivity contribution is -0.137.